The van der Waals surface area contributed by atoms with Crippen LogP contribution >= 0.6 is 0 Å². The van der Waals surface area contributed by atoms with E-state index in [9.17, 15) is 18.0 Å². The van der Waals surface area contributed by atoms with Gasteiger partial charge in [0.1, 0.15) is 10.9 Å². The van der Waals surface area contributed by atoms with Crippen LogP contribution in [0.15, 0.2) is 0 Å². The third-order valence-corrected chi connectivity index (χ3v) is 2.87. The fourth-order valence-corrected chi connectivity index (χ4v) is 1.64. The number of carboxylic acid groups (broad SMARTS) is 1. The highest BCUT2D eigenvalue weighted by atomic mass is 32.2. The second-order valence-corrected chi connectivity index (χ2v) is 6.31. The van der Waals surface area contributed by atoms with E-state index < -0.39 is 46.0 Å². The Morgan fingerprint density at radius 3 is 2.17 bits per heavy atom. The lowest BCUT2D eigenvalue weighted by atomic mass is 10.2. The molecule has 0 fully saturated rings. The number of rotatable bonds is 5. The van der Waals surface area contributed by atoms with Crippen LogP contribution in [0.25, 0.3) is 0 Å². The van der Waals surface area contributed by atoms with Gasteiger partial charge in [-0.15, -0.1) is 0 Å². The number of carbonyl (C=O) groups is 2. The minimum Gasteiger partial charge on any atom is -0.481 e. The van der Waals surface area contributed by atoms with E-state index in [0.717, 1.165) is 0 Å². The lowest BCUT2D eigenvalue weighted by Gasteiger charge is -2.20. The Morgan fingerprint density at radius 1 is 1.33 bits per heavy atom. The third kappa shape index (κ3) is 7.85. The highest BCUT2D eigenvalue weighted by Crippen LogP contribution is 2.07. The molecule has 9 heteroatoms. The summed E-state index contributed by atoms with van der Waals surface area (Å²) in [5, 5.41) is 8.96. The quantitative estimate of drug-likeness (QED) is 0.616. The largest absolute Gasteiger partial charge is 0.481 e. The van der Waals surface area contributed by atoms with Gasteiger partial charge in [-0.2, -0.15) is 8.42 Å². The van der Waals surface area contributed by atoms with E-state index in [2.05, 4.69) is 5.32 Å². The van der Waals surface area contributed by atoms with Gasteiger partial charge in [0.2, 0.25) is 0 Å². The van der Waals surface area contributed by atoms with Crippen molar-refractivity contribution in [2.75, 3.05) is 6.54 Å². The van der Waals surface area contributed by atoms with Gasteiger partial charge in [0.05, 0.1) is 6.42 Å². The number of amides is 1. The minimum atomic E-state index is -4.55. The van der Waals surface area contributed by atoms with E-state index >= 15 is 0 Å². The van der Waals surface area contributed by atoms with Crippen LogP contribution in [-0.2, 0) is 19.6 Å². The molecule has 0 aromatic rings. The van der Waals surface area contributed by atoms with Crippen LogP contribution in [0.2, 0.25) is 0 Å². The Balaban J connectivity index is 4.46. The molecule has 0 radical (unpaired) electrons. The van der Waals surface area contributed by atoms with Crippen molar-refractivity contribution in [3.05, 3.63) is 0 Å². The molecule has 18 heavy (non-hydrogen) atoms. The van der Waals surface area contributed by atoms with Gasteiger partial charge < -0.3 is 15.2 Å². The van der Waals surface area contributed by atoms with Crippen molar-refractivity contribution in [2.45, 2.75) is 38.0 Å². The van der Waals surface area contributed by atoms with Crippen LogP contribution in [0.1, 0.15) is 27.2 Å². The lowest BCUT2D eigenvalue weighted by Crippen LogP contribution is -2.40. The molecule has 106 valence electrons. The number of carbonyl (C=O) groups excluding carboxylic acids is 1. The van der Waals surface area contributed by atoms with E-state index in [1.807, 2.05) is 0 Å². The summed E-state index contributed by atoms with van der Waals surface area (Å²) in [4.78, 5) is 21.6. The predicted octanol–water partition coefficient (Wildman–Crippen LogP) is 0.242. The Morgan fingerprint density at radius 2 is 1.83 bits per heavy atom. The van der Waals surface area contributed by atoms with E-state index in [-0.39, 0.29) is 0 Å². The molecule has 0 aromatic carbocycles. The highest BCUT2D eigenvalue weighted by molar-refractivity contribution is 7.86. The molecule has 0 aromatic heterocycles. The zero-order valence-corrected chi connectivity index (χ0v) is 11.2. The van der Waals surface area contributed by atoms with Crippen LogP contribution < -0.4 is 5.32 Å². The second kappa shape index (κ2) is 6.01. The van der Waals surface area contributed by atoms with Crippen LogP contribution in [0.5, 0.6) is 0 Å². The predicted molar refractivity (Wildman–Crippen MR) is 61.8 cm³/mol. The number of carboxylic acids is 1. The fourth-order valence-electron chi connectivity index (χ4n) is 0.989. The van der Waals surface area contributed by atoms with Crippen molar-refractivity contribution in [3.63, 3.8) is 0 Å². The second-order valence-electron chi connectivity index (χ2n) is 4.62. The van der Waals surface area contributed by atoms with Crippen LogP contribution in [-0.4, -0.2) is 47.5 Å². The molecule has 1 atom stereocenters. The summed E-state index contributed by atoms with van der Waals surface area (Å²) >= 11 is 0. The number of alkyl carbamates (subject to hydrolysis) is 1. The van der Waals surface area contributed by atoms with Gasteiger partial charge in [0, 0.05) is 6.54 Å². The summed E-state index contributed by atoms with van der Waals surface area (Å²) in [6.45, 7) is 4.30. The van der Waals surface area contributed by atoms with Crippen molar-refractivity contribution in [1.82, 2.24) is 5.32 Å². The van der Waals surface area contributed by atoms with Gasteiger partial charge in [0.25, 0.3) is 10.1 Å². The summed E-state index contributed by atoms with van der Waals surface area (Å²) in [6.07, 6.45) is -1.70. The van der Waals surface area contributed by atoms with Gasteiger partial charge in [-0.1, -0.05) is 0 Å². The smallest absolute Gasteiger partial charge is 0.407 e. The topological polar surface area (TPSA) is 130 Å². The Kier molecular flexibility index (Phi) is 5.55. The third-order valence-electron chi connectivity index (χ3n) is 1.70. The first kappa shape index (κ1) is 16.6. The fraction of sp³-hybridized carbons (Fsp3) is 0.778. The summed E-state index contributed by atoms with van der Waals surface area (Å²) in [5.41, 5.74) is -0.759. The molecule has 0 heterocycles. The van der Waals surface area contributed by atoms with Gasteiger partial charge in [-0.25, -0.2) is 4.79 Å². The van der Waals surface area contributed by atoms with Gasteiger partial charge in [-0.05, 0) is 20.8 Å². The van der Waals surface area contributed by atoms with Crippen molar-refractivity contribution in [3.8, 4) is 0 Å². The molecule has 0 spiro atoms. The normalized spacial score (nSPS) is 13.8. The maximum Gasteiger partial charge on any atom is 0.407 e. The van der Waals surface area contributed by atoms with Crippen LogP contribution in [0.4, 0.5) is 4.79 Å². The molecule has 0 aliphatic heterocycles. The number of hydrogen-bond acceptors (Lipinski definition) is 5. The first-order valence-corrected chi connectivity index (χ1v) is 6.57. The Hall–Kier alpha value is -1.35. The first-order valence-electron chi connectivity index (χ1n) is 5.07. The summed E-state index contributed by atoms with van der Waals surface area (Å²) < 4.78 is 35.3. The summed E-state index contributed by atoms with van der Waals surface area (Å²) in [7, 11) is -4.55. The van der Waals surface area contributed by atoms with Crippen molar-refractivity contribution < 1.29 is 32.4 Å². The zero-order chi connectivity index (χ0) is 14.6. The number of ether oxygens (including phenoxy) is 1. The first-order chi connectivity index (χ1) is 7.92. The molecule has 3 N–H and O–H groups in total. The van der Waals surface area contributed by atoms with Gasteiger partial charge >= 0.3 is 12.1 Å². The van der Waals surface area contributed by atoms with Gasteiger partial charge in [-0.3, -0.25) is 9.35 Å². The molecule has 0 aliphatic carbocycles. The monoisotopic (exact) mass is 283 g/mol. The molecule has 0 saturated heterocycles. The number of hydrogen-bond donors (Lipinski definition) is 3. The molecular formula is C9H17NO7S. The minimum absolute atomic E-state index is 0.542. The van der Waals surface area contributed by atoms with Crippen LogP contribution in [0, 0.1) is 0 Å². The molecule has 0 unspecified atom stereocenters. The standard InChI is InChI=1S/C9H17NO7S/c1-9(2,3)17-8(13)10-5-6(4-7(11)12)18(14,15)16/h6H,4-5H2,1-3H3,(H,10,13)(H,11,12)(H,14,15,16)/t6-/m1/s1. The highest BCUT2D eigenvalue weighted by Gasteiger charge is 2.27. The lowest BCUT2D eigenvalue weighted by molar-refractivity contribution is -0.137. The molecule has 0 rings (SSSR count). The maximum absolute atomic E-state index is 11.2. The molecule has 1 amide bonds. The van der Waals surface area contributed by atoms with Crippen molar-refractivity contribution in [2.24, 2.45) is 0 Å². The summed E-state index contributed by atoms with van der Waals surface area (Å²) in [6, 6.07) is 0. The number of aliphatic carboxylic acids is 1. The van der Waals surface area contributed by atoms with E-state index in [0.29, 0.717) is 0 Å². The van der Waals surface area contributed by atoms with Gasteiger partial charge in [0.15, 0.2) is 0 Å². The van der Waals surface area contributed by atoms with Crippen molar-refractivity contribution in [1.29, 1.82) is 0 Å². The Labute approximate surface area is 105 Å². The molecular weight excluding hydrogens is 266 g/mol. The Bertz CT molecular complexity index is 409. The molecule has 0 aliphatic rings. The average Bonchev–Trinajstić information content (AvgIpc) is 2.06. The van der Waals surface area contributed by atoms with E-state index in [1.165, 1.54) is 0 Å². The van der Waals surface area contributed by atoms with E-state index in [1.54, 1.807) is 20.8 Å². The van der Waals surface area contributed by atoms with Crippen LogP contribution in [0.3, 0.4) is 0 Å². The summed E-state index contributed by atoms with van der Waals surface area (Å²) in [5.74, 6) is -1.40. The zero-order valence-electron chi connectivity index (χ0n) is 10.3. The molecule has 0 saturated carbocycles. The van der Waals surface area contributed by atoms with Crippen molar-refractivity contribution >= 4 is 22.2 Å². The maximum atomic E-state index is 11.2. The average molecular weight is 283 g/mol. The number of nitrogens with one attached hydrogen (secondary N) is 1. The molecule has 8 nitrogen and oxygen atoms in total. The SMILES string of the molecule is CC(C)(C)OC(=O)NC[C@@H](CC(=O)O)S(=O)(=O)O. The van der Waals surface area contributed by atoms with E-state index in [4.69, 9.17) is 14.4 Å². The molecule has 0 bridgehead atoms.